The Morgan fingerprint density at radius 2 is 1.90 bits per heavy atom. The number of aryl methyl sites for hydroxylation is 2. The summed E-state index contributed by atoms with van der Waals surface area (Å²) in [7, 11) is 0. The second kappa shape index (κ2) is 7.71. The summed E-state index contributed by atoms with van der Waals surface area (Å²) >= 11 is 4.91. The molecular formula is C23H22BrN3O2S. The van der Waals surface area contributed by atoms with Gasteiger partial charge in [-0.25, -0.2) is 4.98 Å². The highest BCUT2D eigenvalue weighted by atomic mass is 79.9. The predicted octanol–water partition coefficient (Wildman–Crippen LogP) is 5.94. The number of fused-ring (bicyclic) bond motifs is 1. The van der Waals surface area contributed by atoms with Gasteiger partial charge in [0, 0.05) is 19.1 Å². The number of thiazole rings is 1. The number of rotatable bonds is 4. The van der Waals surface area contributed by atoms with Crippen LogP contribution in [0.4, 0.5) is 11.4 Å². The van der Waals surface area contributed by atoms with Crippen LogP contribution in [0.3, 0.4) is 0 Å². The van der Waals surface area contributed by atoms with E-state index in [4.69, 9.17) is 4.74 Å². The summed E-state index contributed by atoms with van der Waals surface area (Å²) in [6.07, 6.45) is 2.47. The van der Waals surface area contributed by atoms with Crippen LogP contribution in [0.2, 0.25) is 0 Å². The number of carbonyl (C=O) groups excluding carboxylic acids is 1. The molecule has 0 atom stereocenters. The van der Waals surface area contributed by atoms with E-state index in [1.54, 1.807) is 0 Å². The van der Waals surface area contributed by atoms with Gasteiger partial charge < -0.3 is 14.5 Å². The van der Waals surface area contributed by atoms with E-state index < -0.39 is 0 Å². The van der Waals surface area contributed by atoms with Crippen LogP contribution in [0, 0.1) is 13.8 Å². The van der Waals surface area contributed by atoms with Crippen molar-refractivity contribution in [2.75, 3.05) is 22.9 Å². The number of amides is 1. The Morgan fingerprint density at radius 3 is 2.67 bits per heavy atom. The van der Waals surface area contributed by atoms with Gasteiger partial charge in [0.05, 0.1) is 20.9 Å². The van der Waals surface area contributed by atoms with Gasteiger partial charge in [-0.1, -0.05) is 18.2 Å². The molecule has 0 unspecified atom stereocenters. The Bertz CT molecular complexity index is 1130. The van der Waals surface area contributed by atoms with Crippen LogP contribution in [0.25, 0.3) is 0 Å². The van der Waals surface area contributed by atoms with E-state index in [2.05, 4.69) is 31.9 Å². The van der Waals surface area contributed by atoms with Crippen molar-refractivity contribution in [2.45, 2.75) is 32.7 Å². The maximum atomic E-state index is 13.6. The summed E-state index contributed by atoms with van der Waals surface area (Å²) in [6.45, 7) is 5.42. The van der Waals surface area contributed by atoms with Crippen molar-refractivity contribution in [1.29, 1.82) is 0 Å². The lowest BCUT2D eigenvalue weighted by Gasteiger charge is -2.37. The third-order valence-electron chi connectivity index (χ3n) is 5.47. The third-order valence-corrected chi connectivity index (χ3v) is 7.07. The molecule has 30 heavy (non-hydrogen) atoms. The SMILES string of the molecule is Cc1ccc(Br)c(Oc2nc(C)sc2C(=O)N2CCN(C3CC3)c3ccccc32)c1. The minimum atomic E-state index is -0.0535. The molecule has 5 rings (SSSR count). The Hall–Kier alpha value is -2.38. The monoisotopic (exact) mass is 483 g/mol. The molecule has 2 heterocycles. The molecule has 3 aromatic rings. The molecule has 7 heteroatoms. The fourth-order valence-electron chi connectivity index (χ4n) is 3.89. The van der Waals surface area contributed by atoms with Crippen LogP contribution in [0.1, 0.15) is 33.1 Å². The van der Waals surface area contributed by atoms with Gasteiger partial charge in [-0.05, 0) is 72.4 Å². The van der Waals surface area contributed by atoms with Gasteiger partial charge >= 0.3 is 0 Å². The first-order chi connectivity index (χ1) is 14.5. The number of hydrogen-bond acceptors (Lipinski definition) is 5. The Kier molecular flexibility index (Phi) is 5.03. The molecule has 0 bridgehead atoms. The lowest BCUT2D eigenvalue weighted by molar-refractivity contribution is 0.0988. The third kappa shape index (κ3) is 3.61. The first-order valence-corrected chi connectivity index (χ1v) is 11.7. The smallest absolute Gasteiger partial charge is 0.274 e. The topological polar surface area (TPSA) is 45.7 Å². The minimum Gasteiger partial charge on any atom is -0.436 e. The molecule has 154 valence electrons. The van der Waals surface area contributed by atoms with E-state index in [0.717, 1.165) is 33.0 Å². The molecule has 1 aliphatic heterocycles. The normalized spacial score (nSPS) is 15.8. The van der Waals surface area contributed by atoms with Crippen LogP contribution >= 0.6 is 27.3 Å². The van der Waals surface area contributed by atoms with E-state index in [-0.39, 0.29) is 5.91 Å². The number of benzene rings is 2. The van der Waals surface area contributed by atoms with Crippen molar-refractivity contribution >= 4 is 44.5 Å². The summed E-state index contributed by atoms with van der Waals surface area (Å²) in [5, 5.41) is 0.807. The number of aromatic nitrogens is 1. The van der Waals surface area contributed by atoms with Crippen molar-refractivity contribution in [3.8, 4) is 11.6 Å². The number of ether oxygens (including phenoxy) is 1. The van der Waals surface area contributed by atoms with Crippen molar-refractivity contribution in [3.05, 3.63) is 62.4 Å². The van der Waals surface area contributed by atoms with Crippen molar-refractivity contribution in [2.24, 2.45) is 0 Å². The van der Waals surface area contributed by atoms with E-state index in [1.165, 1.54) is 24.2 Å². The zero-order valence-corrected chi connectivity index (χ0v) is 19.3. The number of para-hydroxylation sites is 2. The van der Waals surface area contributed by atoms with Crippen molar-refractivity contribution in [1.82, 2.24) is 4.98 Å². The minimum absolute atomic E-state index is 0.0535. The summed E-state index contributed by atoms with van der Waals surface area (Å²) in [5.41, 5.74) is 3.19. The summed E-state index contributed by atoms with van der Waals surface area (Å²) in [4.78, 5) is 23.0. The second-order valence-corrected chi connectivity index (χ2v) is 9.83. The molecule has 1 amide bonds. The zero-order valence-electron chi connectivity index (χ0n) is 16.9. The lowest BCUT2D eigenvalue weighted by atomic mass is 10.1. The number of hydrogen-bond donors (Lipinski definition) is 0. The van der Waals surface area contributed by atoms with Crippen LogP contribution in [-0.2, 0) is 0 Å². The van der Waals surface area contributed by atoms with E-state index in [1.807, 2.05) is 55.1 Å². The van der Waals surface area contributed by atoms with Gasteiger partial charge in [-0.15, -0.1) is 11.3 Å². The second-order valence-electron chi connectivity index (χ2n) is 7.77. The Balaban J connectivity index is 1.48. The molecular weight excluding hydrogens is 462 g/mol. The highest BCUT2D eigenvalue weighted by Crippen LogP contribution is 2.42. The fraction of sp³-hybridized carbons (Fsp3) is 0.304. The molecule has 1 aliphatic carbocycles. The summed E-state index contributed by atoms with van der Waals surface area (Å²) < 4.78 is 6.94. The van der Waals surface area contributed by atoms with E-state index in [0.29, 0.717) is 29.1 Å². The van der Waals surface area contributed by atoms with Gasteiger partial charge in [0.15, 0.2) is 4.88 Å². The first-order valence-electron chi connectivity index (χ1n) is 10.1. The summed E-state index contributed by atoms with van der Waals surface area (Å²) in [5.74, 6) is 0.978. The summed E-state index contributed by atoms with van der Waals surface area (Å²) in [6, 6.07) is 14.7. The Labute approximate surface area is 188 Å². The molecule has 2 aliphatic rings. The molecule has 1 saturated carbocycles. The van der Waals surface area contributed by atoms with Gasteiger partial charge in [0.1, 0.15) is 5.75 Å². The molecule has 5 nitrogen and oxygen atoms in total. The molecule has 0 N–H and O–H groups in total. The molecule has 0 spiro atoms. The van der Waals surface area contributed by atoms with Crippen LogP contribution < -0.4 is 14.5 Å². The van der Waals surface area contributed by atoms with Crippen LogP contribution in [0.15, 0.2) is 46.9 Å². The number of nitrogens with zero attached hydrogens (tertiary/aromatic N) is 3. The molecule has 0 saturated heterocycles. The highest BCUT2D eigenvalue weighted by molar-refractivity contribution is 9.10. The predicted molar refractivity (Wildman–Crippen MR) is 124 cm³/mol. The van der Waals surface area contributed by atoms with Crippen LogP contribution in [-0.4, -0.2) is 30.0 Å². The zero-order chi connectivity index (χ0) is 20.8. The maximum Gasteiger partial charge on any atom is 0.274 e. The number of carbonyl (C=O) groups is 1. The van der Waals surface area contributed by atoms with Crippen LogP contribution in [0.5, 0.6) is 11.6 Å². The fourth-order valence-corrected chi connectivity index (χ4v) is 5.01. The quantitative estimate of drug-likeness (QED) is 0.460. The van der Waals surface area contributed by atoms with Gasteiger partial charge in [-0.3, -0.25) is 4.79 Å². The van der Waals surface area contributed by atoms with E-state index >= 15 is 0 Å². The van der Waals surface area contributed by atoms with Crippen molar-refractivity contribution < 1.29 is 9.53 Å². The Morgan fingerprint density at radius 1 is 1.13 bits per heavy atom. The highest BCUT2D eigenvalue weighted by Gasteiger charge is 2.36. The maximum absolute atomic E-state index is 13.6. The van der Waals surface area contributed by atoms with Gasteiger partial charge in [0.25, 0.3) is 5.91 Å². The van der Waals surface area contributed by atoms with Gasteiger partial charge in [0.2, 0.25) is 5.88 Å². The molecule has 2 aromatic carbocycles. The molecule has 1 aromatic heterocycles. The van der Waals surface area contributed by atoms with Crippen molar-refractivity contribution in [3.63, 3.8) is 0 Å². The standard InChI is InChI=1S/C23H22BrN3O2S/c1-14-7-10-17(24)20(13-14)29-22-21(30-15(2)25-22)23(28)27-12-11-26(16-8-9-16)18-5-3-4-6-19(18)27/h3-7,10,13,16H,8-9,11-12H2,1-2H3. The molecule has 1 fully saturated rings. The largest absolute Gasteiger partial charge is 0.436 e. The van der Waals surface area contributed by atoms with E-state index in [9.17, 15) is 4.79 Å². The van der Waals surface area contributed by atoms with Gasteiger partial charge in [-0.2, -0.15) is 0 Å². The number of halogens is 1. The first kappa shape index (κ1) is 19.6. The average Bonchev–Trinajstić information content (AvgIpc) is 3.52. The molecule has 0 radical (unpaired) electrons. The number of anilines is 2. The average molecular weight is 484 g/mol. The lowest BCUT2D eigenvalue weighted by Crippen LogP contribution is -2.44.